The van der Waals surface area contributed by atoms with E-state index >= 15 is 0 Å². The first kappa shape index (κ1) is 10.8. The summed E-state index contributed by atoms with van der Waals surface area (Å²) in [5, 5.41) is 17.2. The van der Waals surface area contributed by atoms with E-state index in [0.29, 0.717) is 10.4 Å². The Morgan fingerprint density at radius 2 is 2.25 bits per heavy atom. The van der Waals surface area contributed by atoms with E-state index in [-0.39, 0.29) is 0 Å². The van der Waals surface area contributed by atoms with Crippen LogP contribution < -0.4 is 0 Å². The molecule has 3 nitrogen and oxygen atoms in total. The van der Waals surface area contributed by atoms with Crippen molar-refractivity contribution in [3.05, 3.63) is 21.4 Å². The number of carbonyl (C=O) groups is 1. The molecule has 1 N–H and O–H groups in total. The highest BCUT2D eigenvalue weighted by Crippen LogP contribution is 2.18. The van der Waals surface area contributed by atoms with Gasteiger partial charge in [-0.25, -0.2) is 0 Å². The first-order chi connectivity index (χ1) is 5.79. The van der Waals surface area contributed by atoms with Gasteiger partial charge in [0.1, 0.15) is 6.07 Å². The quantitative estimate of drug-likeness (QED) is 0.668. The van der Waals surface area contributed by atoms with Crippen molar-refractivity contribution in [2.75, 3.05) is 7.11 Å². The van der Waals surface area contributed by atoms with E-state index in [1.54, 1.807) is 12.3 Å². The lowest BCUT2D eigenvalue weighted by Gasteiger charge is -1.83. The number of nitriles is 1. The van der Waals surface area contributed by atoms with Gasteiger partial charge in [0, 0.05) is 12.5 Å². The second-order valence-electron chi connectivity index (χ2n) is 1.87. The molecule has 12 heavy (non-hydrogen) atoms. The molecule has 0 saturated heterocycles. The van der Waals surface area contributed by atoms with Gasteiger partial charge in [-0.15, -0.1) is 11.3 Å². The van der Waals surface area contributed by atoms with Gasteiger partial charge in [-0.05, 0) is 12.5 Å². The minimum Gasteiger partial charge on any atom is -0.400 e. The molecule has 1 heterocycles. The van der Waals surface area contributed by atoms with Crippen molar-refractivity contribution in [2.24, 2.45) is 0 Å². The molecule has 1 aromatic heterocycles. The van der Waals surface area contributed by atoms with E-state index in [9.17, 15) is 4.79 Å². The molecule has 0 aliphatic carbocycles. The summed E-state index contributed by atoms with van der Waals surface area (Å²) in [6, 6.07) is 2.00. The SMILES string of the molecule is CO.Cc1c(C#N)csc1C=O. The molecule has 0 unspecified atom stereocenters. The fourth-order valence-corrected chi connectivity index (χ4v) is 1.47. The third-order valence-corrected chi connectivity index (χ3v) is 2.31. The van der Waals surface area contributed by atoms with Crippen molar-refractivity contribution in [1.82, 2.24) is 0 Å². The summed E-state index contributed by atoms with van der Waals surface area (Å²) in [5.74, 6) is 0. The van der Waals surface area contributed by atoms with Gasteiger partial charge in [-0.2, -0.15) is 5.26 Å². The number of aliphatic hydroxyl groups is 1. The predicted molar refractivity (Wildman–Crippen MR) is 47.3 cm³/mol. The van der Waals surface area contributed by atoms with Crippen molar-refractivity contribution >= 4 is 17.6 Å². The van der Waals surface area contributed by atoms with Gasteiger partial charge in [-0.3, -0.25) is 4.79 Å². The van der Waals surface area contributed by atoms with E-state index < -0.39 is 0 Å². The molecule has 64 valence electrons. The lowest BCUT2D eigenvalue weighted by Crippen LogP contribution is -1.78. The molecular weight excluding hydrogens is 174 g/mol. The lowest BCUT2D eigenvalue weighted by atomic mass is 10.2. The average molecular weight is 183 g/mol. The Balaban J connectivity index is 0.000000561. The number of hydrogen-bond acceptors (Lipinski definition) is 4. The average Bonchev–Trinajstić information content (AvgIpc) is 2.49. The zero-order valence-corrected chi connectivity index (χ0v) is 7.68. The Hall–Kier alpha value is -1.18. The van der Waals surface area contributed by atoms with Gasteiger partial charge in [0.15, 0.2) is 6.29 Å². The summed E-state index contributed by atoms with van der Waals surface area (Å²) in [7, 11) is 1.00. The molecular formula is C8H9NO2S. The fraction of sp³-hybridized carbons (Fsp3) is 0.250. The minimum atomic E-state index is 0.604. The zero-order chi connectivity index (χ0) is 9.56. The van der Waals surface area contributed by atoms with E-state index in [4.69, 9.17) is 10.4 Å². The van der Waals surface area contributed by atoms with E-state index in [1.165, 1.54) is 11.3 Å². The smallest absolute Gasteiger partial charge is 0.160 e. The van der Waals surface area contributed by atoms with Crippen LogP contribution in [0.15, 0.2) is 5.38 Å². The molecule has 1 aromatic rings. The molecule has 4 heteroatoms. The second-order valence-corrected chi connectivity index (χ2v) is 2.78. The van der Waals surface area contributed by atoms with Crippen LogP contribution >= 0.6 is 11.3 Å². The molecule has 0 aliphatic rings. The molecule has 0 aromatic carbocycles. The summed E-state index contributed by atoms with van der Waals surface area (Å²) in [5.41, 5.74) is 1.40. The number of thiophene rings is 1. The molecule has 0 fully saturated rings. The van der Waals surface area contributed by atoms with Crippen LogP contribution in [-0.2, 0) is 0 Å². The maximum atomic E-state index is 10.3. The van der Waals surface area contributed by atoms with E-state index in [2.05, 4.69) is 0 Å². The maximum Gasteiger partial charge on any atom is 0.160 e. The standard InChI is InChI=1S/C7H5NOS.CH4O/c1-5-6(2-8)4-10-7(5)3-9;1-2/h3-4H,1H3;2H,1H3. The zero-order valence-electron chi connectivity index (χ0n) is 6.87. The van der Waals surface area contributed by atoms with Gasteiger partial charge in [-0.1, -0.05) is 0 Å². The van der Waals surface area contributed by atoms with Crippen molar-refractivity contribution in [3.63, 3.8) is 0 Å². The van der Waals surface area contributed by atoms with Crippen molar-refractivity contribution < 1.29 is 9.90 Å². The van der Waals surface area contributed by atoms with Crippen LogP contribution in [0.4, 0.5) is 0 Å². The molecule has 0 saturated carbocycles. The molecule has 0 spiro atoms. The first-order valence-corrected chi connectivity index (χ1v) is 4.05. The normalized spacial score (nSPS) is 7.83. The van der Waals surface area contributed by atoms with Crippen molar-refractivity contribution in [1.29, 1.82) is 5.26 Å². The number of rotatable bonds is 1. The molecule has 0 radical (unpaired) electrons. The van der Waals surface area contributed by atoms with Crippen LogP contribution in [0.3, 0.4) is 0 Å². The monoisotopic (exact) mass is 183 g/mol. The Morgan fingerprint density at radius 3 is 2.50 bits per heavy atom. The van der Waals surface area contributed by atoms with Gasteiger partial charge >= 0.3 is 0 Å². The second kappa shape index (κ2) is 5.47. The topological polar surface area (TPSA) is 61.1 Å². The summed E-state index contributed by atoms with van der Waals surface area (Å²) in [4.78, 5) is 10.9. The number of nitrogens with zero attached hydrogens (tertiary/aromatic N) is 1. The summed E-state index contributed by atoms with van der Waals surface area (Å²) in [6.45, 7) is 1.78. The van der Waals surface area contributed by atoms with E-state index in [1.807, 2.05) is 6.07 Å². The Labute approximate surface area is 74.9 Å². The van der Waals surface area contributed by atoms with E-state index in [0.717, 1.165) is 19.0 Å². The number of carbonyl (C=O) groups excluding carboxylic acids is 1. The minimum absolute atomic E-state index is 0.604. The third kappa shape index (κ3) is 2.16. The predicted octanol–water partition coefficient (Wildman–Crippen LogP) is 1.35. The molecule has 0 atom stereocenters. The maximum absolute atomic E-state index is 10.3. The van der Waals surface area contributed by atoms with Crippen LogP contribution in [0, 0.1) is 18.3 Å². The largest absolute Gasteiger partial charge is 0.400 e. The highest BCUT2D eigenvalue weighted by atomic mass is 32.1. The Bertz CT molecular complexity index is 298. The van der Waals surface area contributed by atoms with Gasteiger partial charge in [0.25, 0.3) is 0 Å². The first-order valence-electron chi connectivity index (χ1n) is 3.17. The van der Waals surface area contributed by atoms with Crippen LogP contribution in [0.1, 0.15) is 20.8 Å². The summed E-state index contributed by atoms with van der Waals surface area (Å²) >= 11 is 1.31. The summed E-state index contributed by atoms with van der Waals surface area (Å²) in [6.07, 6.45) is 0.779. The van der Waals surface area contributed by atoms with Gasteiger partial charge in [0.2, 0.25) is 0 Å². The highest BCUT2D eigenvalue weighted by molar-refractivity contribution is 7.12. The van der Waals surface area contributed by atoms with Crippen LogP contribution in [0.2, 0.25) is 0 Å². The number of hydrogen-bond donors (Lipinski definition) is 1. The summed E-state index contributed by atoms with van der Waals surface area (Å²) < 4.78 is 0. The molecule has 1 rings (SSSR count). The Morgan fingerprint density at radius 1 is 1.67 bits per heavy atom. The molecule has 0 aliphatic heterocycles. The van der Waals surface area contributed by atoms with Crippen molar-refractivity contribution in [2.45, 2.75) is 6.92 Å². The lowest BCUT2D eigenvalue weighted by molar-refractivity contribution is 0.112. The number of aldehydes is 1. The van der Waals surface area contributed by atoms with Crippen LogP contribution in [0.5, 0.6) is 0 Å². The number of aliphatic hydroxyl groups excluding tert-OH is 1. The van der Waals surface area contributed by atoms with Crippen LogP contribution in [-0.4, -0.2) is 18.5 Å². The van der Waals surface area contributed by atoms with Crippen LogP contribution in [0.25, 0.3) is 0 Å². The fourth-order valence-electron chi connectivity index (χ4n) is 0.658. The Kier molecular flexibility index (Phi) is 4.93. The molecule has 0 amide bonds. The highest BCUT2D eigenvalue weighted by Gasteiger charge is 2.03. The van der Waals surface area contributed by atoms with Gasteiger partial charge < -0.3 is 5.11 Å². The van der Waals surface area contributed by atoms with Crippen molar-refractivity contribution in [3.8, 4) is 6.07 Å². The molecule has 0 bridgehead atoms. The third-order valence-electron chi connectivity index (χ3n) is 1.30. The van der Waals surface area contributed by atoms with Gasteiger partial charge in [0.05, 0.1) is 10.4 Å².